The molecule has 0 aliphatic carbocycles. The number of rotatable bonds is 7. The van der Waals surface area contributed by atoms with Crippen LogP contribution < -0.4 is 4.74 Å². The summed E-state index contributed by atoms with van der Waals surface area (Å²) in [6.07, 6.45) is 4.40. The molecule has 0 atom stereocenters. The average Bonchev–Trinajstić information content (AvgIpc) is 2.30. The van der Waals surface area contributed by atoms with Gasteiger partial charge in [-0.05, 0) is 25.0 Å². The van der Waals surface area contributed by atoms with Crippen molar-refractivity contribution < 1.29 is 9.66 Å². The van der Waals surface area contributed by atoms with Gasteiger partial charge in [0.2, 0.25) is 0 Å². The lowest BCUT2D eigenvalue weighted by atomic mass is 10.2. The second kappa shape index (κ2) is 6.89. The van der Waals surface area contributed by atoms with Crippen molar-refractivity contribution in [3.05, 3.63) is 33.9 Å². The molecule has 1 rings (SSSR count). The summed E-state index contributed by atoms with van der Waals surface area (Å²) in [4.78, 5) is 10.4. The Balaban J connectivity index is 2.55. The number of aryl methyl sites for hydroxylation is 1. The van der Waals surface area contributed by atoms with Gasteiger partial charge >= 0.3 is 5.69 Å². The van der Waals surface area contributed by atoms with Gasteiger partial charge in [-0.2, -0.15) is 0 Å². The maximum Gasteiger partial charge on any atom is 0.311 e. The molecule has 0 spiro atoms. The molecule has 0 radical (unpaired) electrons. The van der Waals surface area contributed by atoms with Gasteiger partial charge in [0, 0.05) is 6.07 Å². The van der Waals surface area contributed by atoms with Crippen LogP contribution in [-0.4, -0.2) is 11.5 Å². The SMILES string of the molecule is CCCCCCOc1ccc(C)cc1[N+](=O)[O-]. The summed E-state index contributed by atoms with van der Waals surface area (Å²) >= 11 is 0. The molecule has 0 aliphatic heterocycles. The molecular weight excluding hydrogens is 218 g/mol. The molecule has 4 heteroatoms. The van der Waals surface area contributed by atoms with E-state index in [1.54, 1.807) is 12.1 Å². The second-order valence-corrected chi connectivity index (χ2v) is 4.14. The Hall–Kier alpha value is -1.58. The fourth-order valence-electron chi connectivity index (χ4n) is 1.60. The fraction of sp³-hybridized carbons (Fsp3) is 0.538. The van der Waals surface area contributed by atoms with Crippen molar-refractivity contribution >= 4 is 5.69 Å². The molecule has 0 amide bonds. The lowest BCUT2D eigenvalue weighted by molar-refractivity contribution is -0.385. The number of nitrogens with zero attached hydrogens (tertiary/aromatic N) is 1. The zero-order valence-corrected chi connectivity index (χ0v) is 10.4. The van der Waals surface area contributed by atoms with Crippen molar-refractivity contribution in [2.75, 3.05) is 6.61 Å². The molecule has 94 valence electrons. The summed E-state index contributed by atoms with van der Waals surface area (Å²) in [5, 5.41) is 10.8. The standard InChI is InChI=1S/C13H19NO3/c1-3-4-5-6-9-17-13-8-7-11(2)10-12(13)14(15)16/h7-8,10H,3-6,9H2,1-2H3. The summed E-state index contributed by atoms with van der Waals surface area (Å²) in [5.74, 6) is 0.372. The Morgan fingerprint density at radius 2 is 2.06 bits per heavy atom. The minimum atomic E-state index is -0.394. The molecule has 0 unspecified atom stereocenters. The number of hydrogen-bond donors (Lipinski definition) is 0. The molecule has 0 saturated carbocycles. The number of hydrogen-bond acceptors (Lipinski definition) is 3. The van der Waals surface area contributed by atoms with E-state index in [4.69, 9.17) is 4.74 Å². The van der Waals surface area contributed by atoms with Crippen LogP contribution in [0, 0.1) is 17.0 Å². The first kappa shape index (κ1) is 13.5. The van der Waals surface area contributed by atoms with Crippen LogP contribution in [0.15, 0.2) is 18.2 Å². The summed E-state index contributed by atoms with van der Waals surface area (Å²) in [6.45, 7) is 4.52. The number of unbranched alkanes of at least 4 members (excludes halogenated alkanes) is 3. The van der Waals surface area contributed by atoms with Crippen molar-refractivity contribution in [1.29, 1.82) is 0 Å². The van der Waals surface area contributed by atoms with Gasteiger partial charge in [-0.15, -0.1) is 0 Å². The Bertz CT molecular complexity index is 377. The van der Waals surface area contributed by atoms with E-state index in [0.29, 0.717) is 12.4 Å². The Morgan fingerprint density at radius 3 is 2.71 bits per heavy atom. The molecule has 0 saturated heterocycles. The first-order valence-electron chi connectivity index (χ1n) is 6.03. The van der Waals surface area contributed by atoms with Crippen LogP contribution >= 0.6 is 0 Å². The van der Waals surface area contributed by atoms with E-state index < -0.39 is 4.92 Å². The third-order valence-electron chi connectivity index (χ3n) is 2.57. The molecule has 0 N–H and O–H groups in total. The van der Waals surface area contributed by atoms with Crippen molar-refractivity contribution in [2.45, 2.75) is 39.5 Å². The second-order valence-electron chi connectivity index (χ2n) is 4.14. The largest absolute Gasteiger partial charge is 0.487 e. The van der Waals surface area contributed by atoms with Gasteiger partial charge < -0.3 is 4.74 Å². The molecule has 0 fully saturated rings. The molecule has 0 heterocycles. The van der Waals surface area contributed by atoms with E-state index in [9.17, 15) is 10.1 Å². The van der Waals surface area contributed by atoms with Crippen LogP contribution in [0.3, 0.4) is 0 Å². The minimum Gasteiger partial charge on any atom is -0.487 e. The number of nitro benzene ring substituents is 1. The summed E-state index contributed by atoms with van der Waals surface area (Å²) < 4.78 is 5.46. The molecule has 0 bridgehead atoms. The van der Waals surface area contributed by atoms with Crippen LogP contribution in [0.4, 0.5) is 5.69 Å². The van der Waals surface area contributed by atoms with E-state index in [0.717, 1.165) is 18.4 Å². The maximum atomic E-state index is 10.8. The quantitative estimate of drug-likeness (QED) is 0.411. The van der Waals surface area contributed by atoms with Crippen molar-refractivity contribution in [1.82, 2.24) is 0 Å². The number of ether oxygens (including phenoxy) is 1. The first-order valence-corrected chi connectivity index (χ1v) is 6.03. The van der Waals surface area contributed by atoms with E-state index in [2.05, 4.69) is 6.92 Å². The highest BCUT2D eigenvalue weighted by Crippen LogP contribution is 2.27. The van der Waals surface area contributed by atoms with E-state index in [1.165, 1.54) is 12.8 Å². The average molecular weight is 237 g/mol. The number of benzene rings is 1. The van der Waals surface area contributed by atoms with Crippen LogP contribution in [0.25, 0.3) is 0 Å². The van der Waals surface area contributed by atoms with Crippen molar-refractivity contribution in [2.24, 2.45) is 0 Å². The highest BCUT2D eigenvalue weighted by Gasteiger charge is 2.14. The zero-order valence-electron chi connectivity index (χ0n) is 10.4. The van der Waals surface area contributed by atoms with Crippen LogP contribution in [0.1, 0.15) is 38.2 Å². The van der Waals surface area contributed by atoms with Gasteiger partial charge in [0.1, 0.15) is 0 Å². The lowest BCUT2D eigenvalue weighted by Gasteiger charge is -2.06. The molecule has 1 aromatic carbocycles. The predicted molar refractivity (Wildman–Crippen MR) is 67.5 cm³/mol. The van der Waals surface area contributed by atoms with Gasteiger partial charge in [-0.1, -0.05) is 32.3 Å². The fourth-order valence-corrected chi connectivity index (χ4v) is 1.60. The van der Waals surface area contributed by atoms with Gasteiger partial charge in [0.15, 0.2) is 5.75 Å². The van der Waals surface area contributed by atoms with E-state index >= 15 is 0 Å². The van der Waals surface area contributed by atoms with Gasteiger partial charge in [-0.25, -0.2) is 0 Å². The Labute approximate surface area is 102 Å². The molecule has 1 aromatic rings. The zero-order chi connectivity index (χ0) is 12.7. The highest BCUT2D eigenvalue weighted by molar-refractivity contribution is 5.48. The van der Waals surface area contributed by atoms with Crippen molar-refractivity contribution in [3.63, 3.8) is 0 Å². The van der Waals surface area contributed by atoms with E-state index in [1.807, 2.05) is 13.0 Å². The maximum absolute atomic E-state index is 10.8. The van der Waals surface area contributed by atoms with Crippen LogP contribution in [-0.2, 0) is 0 Å². The number of nitro groups is 1. The Morgan fingerprint density at radius 1 is 1.29 bits per heavy atom. The summed E-state index contributed by atoms with van der Waals surface area (Å²) in [7, 11) is 0. The van der Waals surface area contributed by atoms with Crippen LogP contribution in [0.5, 0.6) is 5.75 Å². The van der Waals surface area contributed by atoms with E-state index in [-0.39, 0.29) is 5.69 Å². The summed E-state index contributed by atoms with van der Waals surface area (Å²) in [6, 6.07) is 5.04. The third-order valence-corrected chi connectivity index (χ3v) is 2.57. The van der Waals surface area contributed by atoms with Gasteiger partial charge in [0.05, 0.1) is 11.5 Å². The molecular formula is C13H19NO3. The smallest absolute Gasteiger partial charge is 0.311 e. The normalized spacial score (nSPS) is 10.2. The van der Waals surface area contributed by atoms with Crippen LogP contribution in [0.2, 0.25) is 0 Å². The van der Waals surface area contributed by atoms with Gasteiger partial charge in [0.25, 0.3) is 0 Å². The lowest BCUT2D eigenvalue weighted by Crippen LogP contribution is -2.00. The third kappa shape index (κ3) is 4.43. The minimum absolute atomic E-state index is 0.0560. The molecule has 4 nitrogen and oxygen atoms in total. The highest BCUT2D eigenvalue weighted by atomic mass is 16.6. The molecule has 0 aromatic heterocycles. The predicted octanol–water partition coefficient (Wildman–Crippen LogP) is 3.86. The monoisotopic (exact) mass is 237 g/mol. The molecule has 0 aliphatic rings. The molecule has 17 heavy (non-hydrogen) atoms. The first-order chi connectivity index (χ1) is 8.15. The van der Waals surface area contributed by atoms with Crippen molar-refractivity contribution in [3.8, 4) is 5.75 Å². The topological polar surface area (TPSA) is 52.4 Å². The van der Waals surface area contributed by atoms with Gasteiger partial charge in [-0.3, -0.25) is 10.1 Å². The summed E-state index contributed by atoms with van der Waals surface area (Å²) in [5.41, 5.74) is 0.926. The Kier molecular flexibility index (Phi) is 5.46.